The van der Waals surface area contributed by atoms with Crippen LogP contribution in [0.1, 0.15) is 83.8 Å². The number of rotatable bonds is 9. The number of phenols is 2. The molecule has 1 aromatic carbocycles. The molecule has 1 aromatic rings. The Morgan fingerprint density at radius 2 is 1.71 bits per heavy atom. The highest BCUT2D eigenvalue weighted by molar-refractivity contribution is 5.48. The van der Waals surface area contributed by atoms with Gasteiger partial charge in [0.2, 0.25) is 0 Å². The van der Waals surface area contributed by atoms with Crippen molar-refractivity contribution < 1.29 is 10.2 Å². The number of allylic oxidation sites excluding steroid dienone is 4. The Bertz CT molecular complexity index is 555. The summed E-state index contributed by atoms with van der Waals surface area (Å²) < 4.78 is 0. The Balaban J connectivity index is 2.77. The summed E-state index contributed by atoms with van der Waals surface area (Å²) in [5.74, 6) is 0.778. The fourth-order valence-corrected chi connectivity index (χ4v) is 2.80. The SMILES string of the molecule is CCCCC(C)c1cc(O)c(CC=C(C)CCC=C(C)C)c(O)c1. The molecule has 0 amide bonds. The lowest BCUT2D eigenvalue weighted by molar-refractivity contribution is 0.438. The van der Waals surface area contributed by atoms with Crippen molar-refractivity contribution in [1.82, 2.24) is 0 Å². The third-order valence-electron chi connectivity index (χ3n) is 4.53. The number of aromatic hydroxyl groups is 2. The lowest BCUT2D eigenvalue weighted by atomic mass is 9.93. The van der Waals surface area contributed by atoms with E-state index in [4.69, 9.17) is 0 Å². The minimum absolute atomic E-state index is 0.210. The van der Waals surface area contributed by atoms with E-state index in [2.05, 4.69) is 46.8 Å². The maximum Gasteiger partial charge on any atom is 0.123 e. The first kappa shape index (κ1) is 20.3. The monoisotopic (exact) mass is 330 g/mol. The molecule has 0 saturated carbocycles. The van der Waals surface area contributed by atoms with E-state index in [1.807, 2.05) is 12.1 Å². The van der Waals surface area contributed by atoms with Crippen LogP contribution in [0.15, 0.2) is 35.4 Å². The van der Waals surface area contributed by atoms with Crippen molar-refractivity contribution in [2.45, 2.75) is 79.1 Å². The third kappa shape index (κ3) is 6.82. The lowest BCUT2D eigenvalue weighted by Crippen LogP contribution is -1.96. The molecule has 0 fully saturated rings. The maximum absolute atomic E-state index is 10.3. The van der Waals surface area contributed by atoms with Gasteiger partial charge in [0.1, 0.15) is 11.5 Å². The van der Waals surface area contributed by atoms with Gasteiger partial charge in [0, 0.05) is 5.56 Å². The van der Waals surface area contributed by atoms with Crippen LogP contribution in [0.3, 0.4) is 0 Å². The van der Waals surface area contributed by atoms with Crippen LogP contribution in [0.2, 0.25) is 0 Å². The summed E-state index contributed by atoms with van der Waals surface area (Å²) in [6.07, 6.45) is 10.4. The van der Waals surface area contributed by atoms with Gasteiger partial charge in [0.25, 0.3) is 0 Å². The molecule has 1 unspecified atom stereocenters. The van der Waals surface area contributed by atoms with Crippen LogP contribution in [-0.2, 0) is 6.42 Å². The lowest BCUT2D eigenvalue weighted by Gasteiger charge is -2.14. The molecular weight excluding hydrogens is 296 g/mol. The van der Waals surface area contributed by atoms with Gasteiger partial charge in [-0.2, -0.15) is 0 Å². The number of benzene rings is 1. The highest BCUT2D eigenvalue weighted by Gasteiger charge is 2.13. The molecule has 2 N–H and O–H groups in total. The standard InChI is InChI=1S/C22H34O2/c1-6-7-11-18(5)19-14-21(23)20(22(24)15-19)13-12-17(4)10-8-9-16(2)3/h9,12,14-15,18,23-24H,6-8,10-11,13H2,1-5H3. The van der Waals surface area contributed by atoms with Gasteiger partial charge in [-0.15, -0.1) is 0 Å². The maximum atomic E-state index is 10.3. The Hall–Kier alpha value is -1.70. The van der Waals surface area contributed by atoms with Gasteiger partial charge < -0.3 is 10.2 Å². The van der Waals surface area contributed by atoms with Crippen molar-refractivity contribution in [2.24, 2.45) is 0 Å². The van der Waals surface area contributed by atoms with E-state index in [0.29, 0.717) is 17.9 Å². The van der Waals surface area contributed by atoms with Crippen molar-refractivity contribution in [3.8, 4) is 11.5 Å². The van der Waals surface area contributed by atoms with Crippen LogP contribution in [0.5, 0.6) is 11.5 Å². The van der Waals surface area contributed by atoms with E-state index in [1.165, 1.54) is 11.1 Å². The predicted octanol–water partition coefficient (Wildman–Crippen LogP) is 6.63. The Kier molecular flexibility index (Phi) is 8.67. The summed E-state index contributed by atoms with van der Waals surface area (Å²) in [6.45, 7) is 10.7. The first-order chi connectivity index (χ1) is 11.3. The van der Waals surface area contributed by atoms with E-state index in [1.54, 1.807) is 0 Å². The molecule has 0 aliphatic rings. The molecule has 1 rings (SSSR count). The summed E-state index contributed by atoms with van der Waals surface area (Å²) in [5, 5.41) is 20.6. The van der Waals surface area contributed by atoms with E-state index < -0.39 is 0 Å². The Labute approximate surface area is 147 Å². The van der Waals surface area contributed by atoms with Crippen molar-refractivity contribution >= 4 is 0 Å². The Morgan fingerprint density at radius 3 is 2.25 bits per heavy atom. The van der Waals surface area contributed by atoms with Crippen LogP contribution in [0.4, 0.5) is 0 Å². The molecule has 134 valence electrons. The quantitative estimate of drug-likeness (QED) is 0.499. The fraction of sp³-hybridized carbons (Fsp3) is 0.545. The zero-order valence-electron chi connectivity index (χ0n) is 16.0. The zero-order valence-corrected chi connectivity index (χ0v) is 16.0. The Morgan fingerprint density at radius 1 is 1.08 bits per heavy atom. The molecule has 0 aromatic heterocycles. The van der Waals surface area contributed by atoms with E-state index in [0.717, 1.165) is 37.7 Å². The second kappa shape index (κ2) is 10.2. The van der Waals surface area contributed by atoms with Gasteiger partial charge >= 0.3 is 0 Å². The number of unbranched alkanes of at least 4 members (excludes halogenated alkanes) is 1. The van der Waals surface area contributed by atoms with Crippen molar-refractivity contribution in [3.63, 3.8) is 0 Å². The fourth-order valence-electron chi connectivity index (χ4n) is 2.80. The number of hydrogen-bond donors (Lipinski definition) is 2. The number of hydrogen-bond acceptors (Lipinski definition) is 2. The molecule has 0 saturated heterocycles. The molecule has 24 heavy (non-hydrogen) atoms. The molecule has 2 heteroatoms. The molecule has 0 heterocycles. The van der Waals surface area contributed by atoms with Crippen molar-refractivity contribution in [1.29, 1.82) is 0 Å². The molecule has 0 bridgehead atoms. The van der Waals surface area contributed by atoms with Gasteiger partial charge in [0.05, 0.1) is 0 Å². The molecule has 1 atom stereocenters. The topological polar surface area (TPSA) is 40.5 Å². The molecule has 0 aliphatic heterocycles. The second-order valence-electron chi connectivity index (χ2n) is 7.16. The molecule has 2 nitrogen and oxygen atoms in total. The highest BCUT2D eigenvalue weighted by atomic mass is 16.3. The normalized spacial score (nSPS) is 13.0. The number of phenolic OH excluding ortho intramolecular Hbond substituents is 2. The van der Waals surface area contributed by atoms with Gasteiger partial charge in [-0.1, -0.05) is 50.0 Å². The molecule has 0 spiro atoms. The van der Waals surface area contributed by atoms with Gasteiger partial charge in [0.15, 0.2) is 0 Å². The largest absolute Gasteiger partial charge is 0.508 e. The van der Waals surface area contributed by atoms with Crippen LogP contribution in [0, 0.1) is 0 Å². The average molecular weight is 331 g/mol. The third-order valence-corrected chi connectivity index (χ3v) is 4.53. The van der Waals surface area contributed by atoms with E-state index >= 15 is 0 Å². The second-order valence-corrected chi connectivity index (χ2v) is 7.16. The van der Waals surface area contributed by atoms with Crippen LogP contribution >= 0.6 is 0 Å². The van der Waals surface area contributed by atoms with Gasteiger partial charge in [-0.3, -0.25) is 0 Å². The first-order valence-electron chi connectivity index (χ1n) is 9.18. The first-order valence-corrected chi connectivity index (χ1v) is 9.18. The van der Waals surface area contributed by atoms with Crippen LogP contribution in [-0.4, -0.2) is 10.2 Å². The molecule has 0 aliphatic carbocycles. The summed E-state index contributed by atoms with van der Waals surface area (Å²) >= 11 is 0. The zero-order chi connectivity index (χ0) is 18.1. The van der Waals surface area contributed by atoms with E-state index in [9.17, 15) is 10.2 Å². The smallest absolute Gasteiger partial charge is 0.123 e. The summed E-state index contributed by atoms with van der Waals surface area (Å²) in [4.78, 5) is 0. The minimum atomic E-state index is 0.210. The highest BCUT2D eigenvalue weighted by Crippen LogP contribution is 2.34. The van der Waals surface area contributed by atoms with Crippen LogP contribution in [0.25, 0.3) is 0 Å². The van der Waals surface area contributed by atoms with Gasteiger partial charge in [-0.05, 0) is 70.1 Å². The minimum Gasteiger partial charge on any atom is -0.508 e. The van der Waals surface area contributed by atoms with Gasteiger partial charge in [-0.25, -0.2) is 0 Å². The molecular formula is C22H34O2. The van der Waals surface area contributed by atoms with E-state index in [-0.39, 0.29) is 11.5 Å². The van der Waals surface area contributed by atoms with Crippen molar-refractivity contribution in [2.75, 3.05) is 0 Å². The van der Waals surface area contributed by atoms with Crippen molar-refractivity contribution in [3.05, 3.63) is 46.6 Å². The summed E-state index contributed by atoms with van der Waals surface area (Å²) in [7, 11) is 0. The predicted molar refractivity (Wildman–Crippen MR) is 104 cm³/mol. The summed E-state index contributed by atoms with van der Waals surface area (Å²) in [5.41, 5.74) is 4.27. The molecule has 0 radical (unpaired) electrons. The summed E-state index contributed by atoms with van der Waals surface area (Å²) in [6, 6.07) is 3.64. The average Bonchev–Trinajstić information content (AvgIpc) is 2.51. The van der Waals surface area contributed by atoms with Crippen LogP contribution < -0.4 is 0 Å².